The van der Waals surface area contributed by atoms with Gasteiger partial charge in [0.15, 0.2) is 10.7 Å². The summed E-state index contributed by atoms with van der Waals surface area (Å²) in [6.45, 7) is 4.15. The van der Waals surface area contributed by atoms with Crippen molar-refractivity contribution in [3.05, 3.63) is 29.0 Å². The molecule has 31 heavy (non-hydrogen) atoms. The average molecular weight is 448 g/mol. The van der Waals surface area contributed by atoms with Gasteiger partial charge in [0.2, 0.25) is 0 Å². The van der Waals surface area contributed by atoms with Gasteiger partial charge in [0.05, 0.1) is 17.8 Å². The molecule has 0 bridgehead atoms. The van der Waals surface area contributed by atoms with Crippen LogP contribution in [0.15, 0.2) is 23.4 Å². The van der Waals surface area contributed by atoms with E-state index in [-0.39, 0.29) is 5.54 Å². The van der Waals surface area contributed by atoms with E-state index < -0.39 is 5.41 Å². The molecular weight excluding hydrogens is 426 g/mol. The van der Waals surface area contributed by atoms with Gasteiger partial charge in [-0.05, 0) is 50.6 Å². The molecule has 1 aliphatic heterocycles. The first-order valence-corrected chi connectivity index (χ1v) is 12.1. The quantitative estimate of drug-likeness (QED) is 0.459. The standard InChI is InChI=1S/C22H21N7S2/c1-21(4-5-21)28-31-16-8-15(3-2-14-9-24-10-14)18-25-11-17(29(18)12-16)19-26-27-20(30-19)22(13-23)6-7-22/h8,11-12,14,24,28H,4-7,9-10H2,1H3. The molecule has 0 spiro atoms. The van der Waals surface area contributed by atoms with Crippen molar-refractivity contribution in [2.45, 2.75) is 48.5 Å². The van der Waals surface area contributed by atoms with Crippen LogP contribution in [0.5, 0.6) is 0 Å². The second-order valence-corrected chi connectivity index (χ2v) is 10.8. The molecule has 6 rings (SSSR count). The maximum Gasteiger partial charge on any atom is 0.166 e. The van der Waals surface area contributed by atoms with E-state index in [2.05, 4.69) is 66.7 Å². The van der Waals surface area contributed by atoms with E-state index in [1.165, 1.54) is 24.2 Å². The van der Waals surface area contributed by atoms with Crippen molar-refractivity contribution >= 4 is 28.9 Å². The minimum absolute atomic E-state index is 0.227. The van der Waals surface area contributed by atoms with Crippen molar-refractivity contribution in [1.82, 2.24) is 29.6 Å². The van der Waals surface area contributed by atoms with Crippen LogP contribution in [0.25, 0.3) is 16.3 Å². The van der Waals surface area contributed by atoms with Gasteiger partial charge in [0.1, 0.15) is 16.1 Å². The molecule has 3 aromatic rings. The van der Waals surface area contributed by atoms with Gasteiger partial charge in [-0.2, -0.15) is 5.26 Å². The zero-order valence-corrected chi connectivity index (χ0v) is 18.7. The first-order chi connectivity index (χ1) is 15.1. The lowest BCUT2D eigenvalue weighted by molar-refractivity contribution is 0.432. The molecule has 0 radical (unpaired) electrons. The molecule has 2 aliphatic carbocycles. The van der Waals surface area contributed by atoms with Gasteiger partial charge in [0.25, 0.3) is 0 Å². The van der Waals surface area contributed by atoms with E-state index in [9.17, 15) is 5.26 Å². The van der Waals surface area contributed by atoms with Gasteiger partial charge in [-0.25, -0.2) is 4.98 Å². The Morgan fingerprint density at radius 2 is 2.13 bits per heavy atom. The van der Waals surface area contributed by atoms with Gasteiger partial charge in [0, 0.05) is 35.6 Å². The van der Waals surface area contributed by atoms with Crippen molar-refractivity contribution in [1.29, 1.82) is 5.26 Å². The first kappa shape index (κ1) is 19.3. The highest BCUT2D eigenvalue weighted by Gasteiger charge is 2.48. The minimum Gasteiger partial charge on any atom is -0.314 e. The Hall–Kier alpha value is -2.43. The number of nitrogens with one attached hydrogen (secondary N) is 2. The highest BCUT2D eigenvalue weighted by atomic mass is 32.2. The van der Waals surface area contributed by atoms with Crippen LogP contribution in [0.4, 0.5) is 0 Å². The maximum atomic E-state index is 9.50. The number of nitrogens with zero attached hydrogens (tertiary/aromatic N) is 5. The number of imidazole rings is 1. The van der Waals surface area contributed by atoms with Crippen LogP contribution in [-0.4, -0.2) is 38.2 Å². The molecule has 0 amide bonds. The predicted octanol–water partition coefficient (Wildman–Crippen LogP) is 3.13. The van der Waals surface area contributed by atoms with E-state index >= 15 is 0 Å². The molecule has 0 aromatic carbocycles. The number of nitriles is 1. The SMILES string of the molecule is CC1(NSc2cc(C#CC3CNC3)c3ncc(-c4nnc(C5(C#N)CC5)s4)n3c2)CC1. The van der Waals surface area contributed by atoms with E-state index in [0.717, 1.165) is 57.7 Å². The number of hydrogen-bond acceptors (Lipinski definition) is 8. The summed E-state index contributed by atoms with van der Waals surface area (Å²) in [6, 6.07) is 4.53. The Labute approximate surface area is 188 Å². The summed E-state index contributed by atoms with van der Waals surface area (Å²) in [4.78, 5) is 5.77. The maximum absolute atomic E-state index is 9.50. The molecule has 2 N–H and O–H groups in total. The van der Waals surface area contributed by atoms with Gasteiger partial charge >= 0.3 is 0 Å². The van der Waals surface area contributed by atoms with E-state index in [0.29, 0.717) is 5.92 Å². The van der Waals surface area contributed by atoms with Crippen molar-refractivity contribution in [2.75, 3.05) is 13.1 Å². The van der Waals surface area contributed by atoms with Gasteiger partial charge in [-0.15, -0.1) is 10.2 Å². The topological polar surface area (TPSA) is 90.9 Å². The van der Waals surface area contributed by atoms with Crippen molar-refractivity contribution < 1.29 is 0 Å². The van der Waals surface area contributed by atoms with Gasteiger partial charge in [-0.1, -0.05) is 23.2 Å². The summed E-state index contributed by atoms with van der Waals surface area (Å²) < 4.78 is 5.65. The summed E-state index contributed by atoms with van der Waals surface area (Å²) in [6.07, 6.45) is 8.07. The van der Waals surface area contributed by atoms with Crippen molar-refractivity contribution in [2.24, 2.45) is 5.92 Å². The third-order valence-electron chi connectivity index (χ3n) is 6.21. The Balaban J connectivity index is 1.40. The molecule has 0 unspecified atom stereocenters. The fourth-order valence-electron chi connectivity index (χ4n) is 3.43. The molecule has 0 atom stereocenters. The third-order valence-corrected chi connectivity index (χ3v) is 8.41. The van der Waals surface area contributed by atoms with Crippen LogP contribution < -0.4 is 10.0 Å². The number of pyridine rings is 1. The van der Waals surface area contributed by atoms with Crippen LogP contribution >= 0.6 is 23.3 Å². The lowest BCUT2D eigenvalue weighted by Crippen LogP contribution is -2.40. The average Bonchev–Trinajstić information content (AvgIpc) is 3.58. The molecule has 4 heterocycles. The summed E-state index contributed by atoms with van der Waals surface area (Å²) >= 11 is 3.15. The molecule has 3 aliphatic rings. The second kappa shape index (κ2) is 7.04. The highest BCUT2D eigenvalue weighted by molar-refractivity contribution is 7.97. The van der Waals surface area contributed by atoms with Crippen LogP contribution in [0.3, 0.4) is 0 Å². The highest BCUT2D eigenvalue weighted by Crippen LogP contribution is 2.49. The molecular formula is C22H21N7S2. The zero-order chi connectivity index (χ0) is 21.1. The van der Waals surface area contributed by atoms with E-state index in [1.54, 1.807) is 11.9 Å². The molecule has 7 nitrogen and oxygen atoms in total. The van der Waals surface area contributed by atoms with Gasteiger partial charge in [-0.3, -0.25) is 9.12 Å². The van der Waals surface area contributed by atoms with Gasteiger partial charge < -0.3 is 5.32 Å². The lowest BCUT2D eigenvalue weighted by Gasteiger charge is -2.21. The molecule has 1 saturated heterocycles. The number of hydrogen-bond donors (Lipinski definition) is 2. The minimum atomic E-state index is -0.422. The molecule has 3 fully saturated rings. The summed E-state index contributed by atoms with van der Waals surface area (Å²) in [7, 11) is 0. The number of fused-ring (bicyclic) bond motifs is 1. The Morgan fingerprint density at radius 1 is 1.29 bits per heavy atom. The van der Waals surface area contributed by atoms with E-state index in [1.807, 2.05) is 6.20 Å². The number of aromatic nitrogens is 4. The monoisotopic (exact) mass is 447 g/mol. The van der Waals surface area contributed by atoms with Crippen molar-refractivity contribution in [3.63, 3.8) is 0 Å². The van der Waals surface area contributed by atoms with Crippen LogP contribution in [0, 0.1) is 29.1 Å². The summed E-state index contributed by atoms with van der Waals surface area (Å²) in [5, 5.41) is 23.1. The molecule has 2 saturated carbocycles. The lowest BCUT2D eigenvalue weighted by atomic mass is 10.0. The summed E-state index contributed by atoms with van der Waals surface area (Å²) in [5.74, 6) is 7.14. The smallest absolute Gasteiger partial charge is 0.166 e. The summed E-state index contributed by atoms with van der Waals surface area (Å²) in [5.41, 5.74) is 2.45. The number of rotatable bonds is 5. The molecule has 3 aromatic heterocycles. The second-order valence-electron chi connectivity index (χ2n) is 8.92. The fourth-order valence-corrected chi connectivity index (χ4v) is 5.38. The van der Waals surface area contributed by atoms with Crippen LogP contribution in [0.1, 0.15) is 43.2 Å². The first-order valence-electron chi connectivity index (χ1n) is 10.5. The zero-order valence-electron chi connectivity index (χ0n) is 17.1. The predicted molar refractivity (Wildman–Crippen MR) is 120 cm³/mol. The molecule has 9 heteroatoms. The Bertz CT molecular complexity index is 1280. The van der Waals surface area contributed by atoms with E-state index in [4.69, 9.17) is 0 Å². The molecule has 156 valence electrons. The van der Waals surface area contributed by atoms with Crippen LogP contribution in [0.2, 0.25) is 0 Å². The van der Waals surface area contributed by atoms with Crippen LogP contribution in [-0.2, 0) is 5.41 Å². The normalized spacial score (nSPS) is 20.5. The fraction of sp³-hybridized carbons (Fsp3) is 0.455. The Morgan fingerprint density at radius 3 is 2.81 bits per heavy atom. The Kier molecular flexibility index (Phi) is 4.38. The largest absolute Gasteiger partial charge is 0.314 e. The third kappa shape index (κ3) is 3.52. The van der Waals surface area contributed by atoms with Crippen molar-refractivity contribution in [3.8, 4) is 28.6 Å².